The van der Waals surface area contributed by atoms with Crippen molar-refractivity contribution in [1.29, 1.82) is 0 Å². The van der Waals surface area contributed by atoms with Gasteiger partial charge in [-0.2, -0.15) is 0 Å². The normalized spacial score (nSPS) is 20.1. The predicted molar refractivity (Wildman–Crippen MR) is 46.7 cm³/mol. The summed E-state index contributed by atoms with van der Waals surface area (Å²) in [5.41, 5.74) is 5.94. The summed E-state index contributed by atoms with van der Waals surface area (Å²) in [6.45, 7) is 0.640. The molecule has 2 rings (SSSR count). The number of carbonyl (C=O) groups is 1. The SMILES string of the molecule is NC(=O)C1CN1c1ccc(F)cc1. The molecule has 1 saturated heterocycles. The monoisotopic (exact) mass is 180 g/mol. The molecule has 1 aromatic rings. The first kappa shape index (κ1) is 8.04. The van der Waals surface area contributed by atoms with E-state index in [0.29, 0.717) is 6.54 Å². The zero-order valence-electron chi connectivity index (χ0n) is 6.90. The highest BCUT2D eigenvalue weighted by atomic mass is 19.1. The number of halogens is 1. The molecule has 1 fully saturated rings. The van der Waals surface area contributed by atoms with Crippen molar-refractivity contribution in [2.75, 3.05) is 11.4 Å². The quantitative estimate of drug-likeness (QED) is 0.673. The lowest BCUT2D eigenvalue weighted by Gasteiger charge is -2.02. The van der Waals surface area contributed by atoms with E-state index in [-0.39, 0.29) is 17.8 Å². The largest absolute Gasteiger partial charge is 0.368 e. The minimum Gasteiger partial charge on any atom is -0.368 e. The second-order valence-electron chi connectivity index (χ2n) is 3.05. The van der Waals surface area contributed by atoms with Gasteiger partial charge in [-0.1, -0.05) is 0 Å². The molecule has 1 aromatic carbocycles. The molecule has 1 amide bonds. The minimum absolute atomic E-state index is 0.203. The summed E-state index contributed by atoms with van der Waals surface area (Å²) in [6, 6.07) is 5.80. The maximum absolute atomic E-state index is 12.5. The van der Waals surface area contributed by atoms with Crippen LogP contribution in [0.2, 0.25) is 0 Å². The third-order valence-corrected chi connectivity index (χ3v) is 2.10. The molecule has 1 heterocycles. The van der Waals surface area contributed by atoms with E-state index in [0.717, 1.165) is 5.69 Å². The molecular formula is C9H9FN2O. The van der Waals surface area contributed by atoms with E-state index in [2.05, 4.69) is 0 Å². The van der Waals surface area contributed by atoms with Crippen molar-refractivity contribution < 1.29 is 9.18 Å². The Morgan fingerprint density at radius 3 is 2.54 bits per heavy atom. The molecular weight excluding hydrogens is 171 g/mol. The van der Waals surface area contributed by atoms with E-state index < -0.39 is 0 Å². The van der Waals surface area contributed by atoms with Gasteiger partial charge in [-0.05, 0) is 24.3 Å². The van der Waals surface area contributed by atoms with Crippen LogP contribution in [0.3, 0.4) is 0 Å². The Bertz CT molecular complexity index is 336. The van der Waals surface area contributed by atoms with Crippen LogP contribution >= 0.6 is 0 Å². The summed E-state index contributed by atoms with van der Waals surface area (Å²) in [5.74, 6) is -0.606. The lowest BCUT2D eigenvalue weighted by atomic mass is 10.3. The van der Waals surface area contributed by atoms with E-state index in [1.165, 1.54) is 12.1 Å². The third kappa shape index (κ3) is 1.47. The summed E-state index contributed by atoms with van der Waals surface area (Å²) < 4.78 is 12.5. The van der Waals surface area contributed by atoms with Gasteiger partial charge in [0.1, 0.15) is 11.9 Å². The van der Waals surface area contributed by atoms with Crippen molar-refractivity contribution in [3.05, 3.63) is 30.1 Å². The van der Waals surface area contributed by atoms with Gasteiger partial charge in [0.05, 0.1) is 0 Å². The molecule has 1 aliphatic heterocycles. The van der Waals surface area contributed by atoms with Gasteiger partial charge in [-0.15, -0.1) is 0 Å². The lowest BCUT2D eigenvalue weighted by Crippen LogP contribution is -2.21. The van der Waals surface area contributed by atoms with Crippen LogP contribution in [0.4, 0.5) is 10.1 Å². The molecule has 3 nitrogen and oxygen atoms in total. The summed E-state index contributed by atoms with van der Waals surface area (Å²) >= 11 is 0. The van der Waals surface area contributed by atoms with Crippen LogP contribution < -0.4 is 10.6 Å². The molecule has 2 N–H and O–H groups in total. The van der Waals surface area contributed by atoms with Crippen molar-refractivity contribution in [2.45, 2.75) is 6.04 Å². The molecule has 0 spiro atoms. The number of hydrogen-bond acceptors (Lipinski definition) is 2. The second-order valence-corrected chi connectivity index (χ2v) is 3.05. The lowest BCUT2D eigenvalue weighted by molar-refractivity contribution is -0.117. The van der Waals surface area contributed by atoms with Crippen molar-refractivity contribution >= 4 is 11.6 Å². The highest BCUT2D eigenvalue weighted by molar-refractivity contribution is 5.89. The molecule has 0 aromatic heterocycles. The molecule has 1 aliphatic rings. The Kier molecular flexibility index (Phi) is 1.69. The maximum Gasteiger partial charge on any atom is 0.241 e. The first-order chi connectivity index (χ1) is 6.18. The fraction of sp³-hybridized carbons (Fsp3) is 0.222. The van der Waals surface area contributed by atoms with E-state index >= 15 is 0 Å². The van der Waals surface area contributed by atoms with Crippen LogP contribution in [0.15, 0.2) is 24.3 Å². The number of hydrogen-bond donors (Lipinski definition) is 1. The number of nitrogens with two attached hydrogens (primary N) is 1. The Hall–Kier alpha value is -1.58. The van der Waals surface area contributed by atoms with Gasteiger partial charge in [0.25, 0.3) is 0 Å². The van der Waals surface area contributed by atoms with Crippen LogP contribution in [0.5, 0.6) is 0 Å². The molecule has 13 heavy (non-hydrogen) atoms. The average molecular weight is 180 g/mol. The van der Waals surface area contributed by atoms with E-state index in [1.807, 2.05) is 4.90 Å². The zero-order valence-corrected chi connectivity index (χ0v) is 6.90. The topological polar surface area (TPSA) is 46.1 Å². The van der Waals surface area contributed by atoms with Crippen molar-refractivity contribution in [1.82, 2.24) is 0 Å². The van der Waals surface area contributed by atoms with Crippen LogP contribution in [0.25, 0.3) is 0 Å². The predicted octanol–water partition coefficient (Wildman–Crippen LogP) is 0.500. The van der Waals surface area contributed by atoms with E-state index in [4.69, 9.17) is 5.73 Å². The van der Waals surface area contributed by atoms with Crippen LogP contribution in [-0.2, 0) is 4.79 Å². The van der Waals surface area contributed by atoms with Gasteiger partial charge in [0, 0.05) is 12.2 Å². The second kappa shape index (κ2) is 2.73. The summed E-state index contributed by atoms with van der Waals surface area (Å²) in [5, 5.41) is 0. The molecule has 0 aliphatic carbocycles. The molecule has 0 bridgehead atoms. The first-order valence-electron chi connectivity index (χ1n) is 4.00. The number of anilines is 1. The average Bonchev–Trinajstić information content (AvgIpc) is 2.85. The van der Waals surface area contributed by atoms with Crippen molar-refractivity contribution in [3.8, 4) is 0 Å². The standard InChI is InChI=1S/C9H9FN2O/c10-6-1-3-7(4-2-6)12-5-8(12)9(11)13/h1-4,8H,5H2,(H2,11,13). The number of nitrogens with zero attached hydrogens (tertiary/aromatic N) is 1. The van der Waals surface area contributed by atoms with Gasteiger partial charge in [-0.25, -0.2) is 4.39 Å². The first-order valence-corrected chi connectivity index (χ1v) is 4.00. The molecule has 0 saturated carbocycles. The zero-order chi connectivity index (χ0) is 9.42. The summed E-state index contributed by atoms with van der Waals surface area (Å²) in [4.78, 5) is 12.5. The Balaban J connectivity index is 2.12. The smallest absolute Gasteiger partial charge is 0.241 e. The fourth-order valence-corrected chi connectivity index (χ4v) is 1.30. The molecule has 4 heteroatoms. The minimum atomic E-state index is -0.329. The Morgan fingerprint density at radius 2 is 2.08 bits per heavy atom. The Labute approximate surface area is 74.9 Å². The fourth-order valence-electron chi connectivity index (χ4n) is 1.30. The molecule has 0 radical (unpaired) electrons. The van der Waals surface area contributed by atoms with Gasteiger partial charge in [0.2, 0.25) is 5.91 Å². The highest BCUT2D eigenvalue weighted by Crippen LogP contribution is 2.27. The maximum atomic E-state index is 12.5. The van der Waals surface area contributed by atoms with Gasteiger partial charge < -0.3 is 10.6 Å². The number of benzene rings is 1. The molecule has 68 valence electrons. The van der Waals surface area contributed by atoms with Gasteiger partial charge in [-0.3, -0.25) is 4.79 Å². The number of carbonyl (C=O) groups excluding carboxylic acids is 1. The van der Waals surface area contributed by atoms with E-state index in [9.17, 15) is 9.18 Å². The van der Waals surface area contributed by atoms with Gasteiger partial charge >= 0.3 is 0 Å². The van der Waals surface area contributed by atoms with Gasteiger partial charge in [0.15, 0.2) is 0 Å². The van der Waals surface area contributed by atoms with E-state index in [1.54, 1.807) is 12.1 Å². The molecule has 1 unspecified atom stereocenters. The number of amides is 1. The number of rotatable bonds is 2. The van der Waals surface area contributed by atoms with Crippen LogP contribution in [0, 0.1) is 5.82 Å². The highest BCUT2D eigenvalue weighted by Gasteiger charge is 2.38. The van der Waals surface area contributed by atoms with Crippen LogP contribution in [-0.4, -0.2) is 18.5 Å². The Morgan fingerprint density at radius 1 is 1.46 bits per heavy atom. The summed E-state index contributed by atoms with van der Waals surface area (Å²) in [6.07, 6.45) is 0. The molecule has 1 atom stereocenters. The van der Waals surface area contributed by atoms with Crippen molar-refractivity contribution in [3.63, 3.8) is 0 Å². The van der Waals surface area contributed by atoms with Crippen molar-refractivity contribution in [2.24, 2.45) is 5.73 Å². The van der Waals surface area contributed by atoms with Crippen LogP contribution in [0.1, 0.15) is 0 Å². The number of primary amides is 1. The third-order valence-electron chi connectivity index (χ3n) is 2.10. The summed E-state index contributed by atoms with van der Waals surface area (Å²) in [7, 11) is 0.